The number of halogens is 2. The first-order chi connectivity index (χ1) is 17.9. The number of amides is 1. The number of hydrogen-bond acceptors (Lipinski definition) is 5. The third kappa shape index (κ3) is 4.92. The molecule has 0 unspecified atom stereocenters. The standard InChI is InChI=1S/C28H32F2N4O3/c1-4-31-26(18-6-5-7-18)19-13-21(29)25(22(30)14-19)27-32-23-12-17(2)8-9-24(23)34(27)16-20-15-33(10-11-37-20)28(35)36-3/h8-9,12-14,20,31H,4-7,10-11,15-16H2,1-3H3/t20-/m1/s1. The number of imidazole rings is 1. The van der Waals surface area contributed by atoms with Gasteiger partial charge < -0.3 is 24.3 Å². The summed E-state index contributed by atoms with van der Waals surface area (Å²) in [4.78, 5) is 18.3. The first-order valence-electron chi connectivity index (χ1n) is 12.8. The Morgan fingerprint density at radius 1 is 1.22 bits per heavy atom. The van der Waals surface area contributed by atoms with Crippen LogP contribution in [0.1, 0.15) is 37.3 Å². The van der Waals surface area contributed by atoms with Gasteiger partial charge in [-0.1, -0.05) is 6.07 Å². The second-order valence-corrected chi connectivity index (χ2v) is 9.62. The van der Waals surface area contributed by atoms with Gasteiger partial charge in [-0.3, -0.25) is 0 Å². The number of hydrogen-bond donors (Lipinski definition) is 1. The van der Waals surface area contributed by atoms with Crippen molar-refractivity contribution in [2.24, 2.45) is 0 Å². The molecule has 37 heavy (non-hydrogen) atoms. The number of carbonyl (C=O) groups is 1. The van der Waals surface area contributed by atoms with E-state index in [0.717, 1.165) is 36.0 Å². The maximum absolute atomic E-state index is 15.7. The van der Waals surface area contributed by atoms with Gasteiger partial charge >= 0.3 is 6.09 Å². The maximum atomic E-state index is 15.7. The summed E-state index contributed by atoms with van der Waals surface area (Å²) in [5.41, 5.74) is 4.73. The van der Waals surface area contributed by atoms with Gasteiger partial charge in [0.15, 0.2) is 0 Å². The van der Waals surface area contributed by atoms with Crippen molar-refractivity contribution in [2.75, 3.05) is 33.4 Å². The molecule has 5 rings (SSSR count). The molecule has 0 bridgehead atoms. The number of methoxy groups -OCH3 is 1. The maximum Gasteiger partial charge on any atom is 0.409 e. The Bertz CT molecular complexity index is 1340. The lowest BCUT2D eigenvalue weighted by Crippen LogP contribution is -2.47. The highest BCUT2D eigenvalue weighted by Crippen LogP contribution is 2.36. The minimum Gasteiger partial charge on any atom is -0.453 e. The fourth-order valence-electron chi connectivity index (χ4n) is 5.09. The summed E-state index contributed by atoms with van der Waals surface area (Å²) in [6, 6.07) is 8.53. The summed E-state index contributed by atoms with van der Waals surface area (Å²) in [6.07, 6.45) is 2.15. The van der Waals surface area contributed by atoms with Crippen LogP contribution in [0.3, 0.4) is 0 Å². The molecule has 1 saturated carbocycles. The molecular formula is C28H32F2N4O3. The molecule has 0 radical (unpaired) electrons. The largest absolute Gasteiger partial charge is 0.453 e. The van der Waals surface area contributed by atoms with E-state index >= 15 is 8.78 Å². The molecule has 1 atom stereocenters. The van der Waals surface area contributed by atoms with Gasteiger partial charge in [-0.25, -0.2) is 18.6 Å². The number of benzene rings is 2. The van der Waals surface area contributed by atoms with Crippen LogP contribution < -0.4 is 5.32 Å². The van der Waals surface area contributed by atoms with Crippen LogP contribution in [0, 0.1) is 18.6 Å². The Hall–Kier alpha value is -3.46. The van der Waals surface area contributed by atoms with E-state index in [1.807, 2.05) is 32.0 Å². The molecule has 7 nitrogen and oxygen atoms in total. The smallest absolute Gasteiger partial charge is 0.409 e. The highest BCUT2D eigenvalue weighted by Gasteiger charge is 2.28. The van der Waals surface area contributed by atoms with Crippen molar-refractivity contribution in [2.45, 2.75) is 45.8 Å². The van der Waals surface area contributed by atoms with E-state index in [1.165, 1.54) is 24.8 Å². The predicted molar refractivity (Wildman–Crippen MR) is 138 cm³/mol. The van der Waals surface area contributed by atoms with Crippen molar-refractivity contribution in [3.63, 3.8) is 0 Å². The van der Waals surface area contributed by atoms with Crippen molar-refractivity contribution < 1.29 is 23.0 Å². The summed E-state index contributed by atoms with van der Waals surface area (Å²) < 4.78 is 44.0. The number of rotatable bonds is 6. The molecule has 3 aromatic rings. The van der Waals surface area contributed by atoms with E-state index in [4.69, 9.17) is 9.47 Å². The Morgan fingerprint density at radius 2 is 1.97 bits per heavy atom. The molecule has 2 aliphatic rings. The van der Waals surface area contributed by atoms with E-state index in [9.17, 15) is 4.79 Å². The lowest BCUT2D eigenvalue weighted by atomic mass is 9.88. The second-order valence-electron chi connectivity index (χ2n) is 9.62. The molecule has 2 aromatic carbocycles. The Balaban J connectivity index is 1.57. The number of nitrogens with zero attached hydrogens (tertiary/aromatic N) is 3. The zero-order valence-corrected chi connectivity index (χ0v) is 21.4. The molecule has 2 fully saturated rings. The molecule has 1 aliphatic carbocycles. The summed E-state index contributed by atoms with van der Waals surface area (Å²) >= 11 is 0. The summed E-state index contributed by atoms with van der Waals surface area (Å²) in [6.45, 7) is 5.94. The summed E-state index contributed by atoms with van der Waals surface area (Å²) in [5.74, 6) is -1.14. The van der Waals surface area contributed by atoms with Crippen molar-refractivity contribution >= 4 is 22.8 Å². The van der Waals surface area contributed by atoms with E-state index in [2.05, 4.69) is 10.3 Å². The first kappa shape index (κ1) is 25.2. The van der Waals surface area contributed by atoms with E-state index < -0.39 is 17.7 Å². The van der Waals surface area contributed by atoms with Gasteiger partial charge in [0, 0.05) is 24.4 Å². The summed E-state index contributed by atoms with van der Waals surface area (Å²) in [7, 11) is 1.34. The van der Waals surface area contributed by atoms with Crippen LogP contribution in [0.4, 0.5) is 13.6 Å². The van der Waals surface area contributed by atoms with Gasteiger partial charge in [0.2, 0.25) is 0 Å². The van der Waals surface area contributed by atoms with Gasteiger partial charge in [-0.05, 0) is 68.5 Å². The van der Waals surface area contributed by atoms with Crippen molar-refractivity contribution in [1.29, 1.82) is 0 Å². The number of morpholine rings is 1. The zero-order chi connectivity index (χ0) is 26.1. The first-order valence-corrected chi connectivity index (χ1v) is 12.8. The number of aromatic nitrogens is 2. The van der Waals surface area contributed by atoms with Crippen molar-refractivity contribution in [3.8, 4) is 11.4 Å². The SMILES string of the molecule is CCNC(=C1CCC1)c1cc(F)c(-c2nc3cc(C)ccc3n2C[C@H]2CN(C(=O)OC)CCO2)c(F)c1. The van der Waals surface area contributed by atoms with Crippen molar-refractivity contribution in [3.05, 3.63) is 58.7 Å². The third-order valence-electron chi connectivity index (χ3n) is 7.08. The molecule has 2 heterocycles. The number of fused-ring (bicyclic) bond motifs is 1. The fourth-order valence-corrected chi connectivity index (χ4v) is 5.09. The predicted octanol–water partition coefficient (Wildman–Crippen LogP) is 5.26. The van der Waals surface area contributed by atoms with Crippen LogP contribution in [0.5, 0.6) is 0 Å². The van der Waals surface area contributed by atoms with Gasteiger partial charge in [-0.2, -0.15) is 0 Å². The van der Waals surface area contributed by atoms with Gasteiger partial charge in [0.05, 0.1) is 49.5 Å². The quantitative estimate of drug-likeness (QED) is 0.490. The minimum absolute atomic E-state index is 0.173. The molecule has 1 saturated heterocycles. The van der Waals surface area contributed by atoms with Crippen LogP contribution >= 0.6 is 0 Å². The Kier molecular flexibility index (Phi) is 7.15. The lowest BCUT2D eigenvalue weighted by Gasteiger charge is -2.32. The van der Waals surface area contributed by atoms with Gasteiger partial charge in [0.1, 0.15) is 17.5 Å². The molecular weight excluding hydrogens is 478 g/mol. The zero-order valence-electron chi connectivity index (χ0n) is 21.4. The van der Waals surface area contributed by atoms with E-state index in [-0.39, 0.29) is 24.0 Å². The highest BCUT2D eigenvalue weighted by atomic mass is 19.1. The Labute approximate surface area is 215 Å². The number of ether oxygens (including phenoxy) is 2. The highest BCUT2D eigenvalue weighted by molar-refractivity contribution is 5.82. The molecule has 1 N–H and O–H groups in total. The normalized spacial score (nSPS) is 17.6. The molecule has 1 aromatic heterocycles. The molecule has 196 valence electrons. The van der Waals surface area contributed by atoms with Crippen LogP contribution in [0.25, 0.3) is 28.1 Å². The number of allylic oxidation sites excluding steroid dienone is 1. The molecule has 9 heteroatoms. The van der Waals surface area contributed by atoms with E-state index in [0.29, 0.717) is 37.3 Å². The van der Waals surface area contributed by atoms with Crippen LogP contribution in [-0.2, 0) is 16.0 Å². The fraction of sp³-hybridized carbons (Fsp3) is 0.429. The number of aryl methyl sites for hydroxylation is 1. The number of nitrogens with one attached hydrogen (secondary N) is 1. The van der Waals surface area contributed by atoms with Gasteiger partial charge in [-0.15, -0.1) is 0 Å². The number of carbonyl (C=O) groups excluding carboxylic acids is 1. The average molecular weight is 511 g/mol. The average Bonchev–Trinajstić information content (AvgIpc) is 3.18. The third-order valence-corrected chi connectivity index (χ3v) is 7.08. The van der Waals surface area contributed by atoms with Gasteiger partial charge in [0.25, 0.3) is 0 Å². The minimum atomic E-state index is -0.667. The van der Waals surface area contributed by atoms with Crippen LogP contribution in [-0.4, -0.2) is 60.0 Å². The second kappa shape index (κ2) is 10.5. The monoisotopic (exact) mass is 510 g/mol. The topological polar surface area (TPSA) is 68.6 Å². The molecule has 0 spiro atoms. The molecule has 1 aliphatic heterocycles. The van der Waals surface area contributed by atoms with E-state index in [1.54, 1.807) is 9.47 Å². The Morgan fingerprint density at radius 3 is 2.62 bits per heavy atom. The molecule has 1 amide bonds. The van der Waals surface area contributed by atoms with Crippen LogP contribution in [0.2, 0.25) is 0 Å². The summed E-state index contributed by atoms with van der Waals surface area (Å²) in [5, 5.41) is 3.29. The van der Waals surface area contributed by atoms with Crippen molar-refractivity contribution in [1.82, 2.24) is 19.8 Å². The van der Waals surface area contributed by atoms with Crippen LogP contribution in [0.15, 0.2) is 35.9 Å². The lowest BCUT2D eigenvalue weighted by molar-refractivity contribution is -0.0310.